The normalized spacial score (nSPS) is 11.8. The van der Waals surface area contributed by atoms with Crippen LogP contribution in [0.2, 0.25) is 0 Å². The van der Waals surface area contributed by atoms with E-state index in [9.17, 15) is 0 Å². The molecule has 2 heterocycles. The third kappa shape index (κ3) is 3.61. The maximum Gasteiger partial charge on any atom is 0.142 e. The van der Waals surface area contributed by atoms with Crippen molar-refractivity contribution in [2.75, 3.05) is 0 Å². The largest absolute Gasteiger partial charge is 0.390 e. The third-order valence-electron chi connectivity index (χ3n) is 3.36. The number of rotatable bonds is 5. The van der Waals surface area contributed by atoms with Crippen LogP contribution in [0, 0.1) is 5.41 Å². The quantitative estimate of drug-likeness (QED) is 0.906. The van der Waals surface area contributed by atoms with Gasteiger partial charge >= 0.3 is 0 Å². The summed E-state index contributed by atoms with van der Waals surface area (Å²) in [6.07, 6.45) is 2.10. The van der Waals surface area contributed by atoms with E-state index in [2.05, 4.69) is 31.8 Å². The molecule has 0 atom stereocenters. The van der Waals surface area contributed by atoms with Gasteiger partial charge in [0.2, 0.25) is 0 Å². The highest BCUT2D eigenvalue weighted by atomic mass is 32.1. The molecule has 3 nitrogen and oxygen atoms in total. The van der Waals surface area contributed by atoms with Crippen molar-refractivity contribution in [2.45, 2.75) is 40.2 Å². The molecule has 0 aliphatic heterocycles. The lowest BCUT2D eigenvalue weighted by Gasteiger charge is -2.21. The second-order valence-corrected chi connectivity index (χ2v) is 6.37. The molecule has 2 aromatic heterocycles. The topological polar surface area (TPSA) is 46.0 Å². The Morgan fingerprint density at radius 2 is 2.00 bits per heavy atom. The molecule has 0 radical (unpaired) electrons. The molecular formula is C15H20N2OS. The first-order valence-electron chi connectivity index (χ1n) is 6.55. The lowest BCUT2D eigenvalue weighted by atomic mass is 9.85. The summed E-state index contributed by atoms with van der Waals surface area (Å²) in [7, 11) is 0. The Kier molecular flexibility index (Phi) is 4.32. The Morgan fingerprint density at radius 1 is 1.21 bits per heavy atom. The number of hydrogen-bond donors (Lipinski definition) is 1. The SMILES string of the molecule is CCC(C)(C)Cc1cccc(-c2nc(CO)cs2)n1. The summed E-state index contributed by atoms with van der Waals surface area (Å²) in [4.78, 5) is 9.05. The summed E-state index contributed by atoms with van der Waals surface area (Å²) in [6.45, 7) is 6.71. The van der Waals surface area contributed by atoms with Crippen molar-refractivity contribution >= 4 is 11.3 Å². The molecule has 0 aliphatic rings. The zero-order valence-corrected chi connectivity index (χ0v) is 12.5. The zero-order chi connectivity index (χ0) is 13.9. The van der Waals surface area contributed by atoms with Crippen molar-refractivity contribution in [2.24, 2.45) is 5.41 Å². The van der Waals surface area contributed by atoms with Crippen LogP contribution in [0.5, 0.6) is 0 Å². The zero-order valence-electron chi connectivity index (χ0n) is 11.7. The van der Waals surface area contributed by atoms with E-state index in [4.69, 9.17) is 10.1 Å². The average molecular weight is 276 g/mol. The highest BCUT2D eigenvalue weighted by Gasteiger charge is 2.17. The molecule has 1 N–H and O–H groups in total. The van der Waals surface area contributed by atoms with Crippen molar-refractivity contribution in [3.8, 4) is 10.7 Å². The van der Waals surface area contributed by atoms with Crippen LogP contribution in [-0.2, 0) is 13.0 Å². The number of aliphatic hydroxyl groups excluding tert-OH is 1. The highest BCUT2D eigenvalue weighted by molar-refractivity contribution is 7.13. The van der Waals surface area contributed by atoms with Crippen LogP contribution in [0.25, 0.3) is 10.7 Å². The van der Waals surface area contributed by atoms with Crippen LogP contribution in [0.4, 0.5) is 0 Å². The smallest absolute Gasteiger partial charge is 0.142 e. The van der Waals surface area contributed by atoms with Crippen LogP contribution in [-0.4, -0.2) is 15.1 Å². The van der Waals surface area contributed by atoms with Gasteiger partial charge in [-0.25, -0.2) is 4.98 Å². The van der Waals surface area contributed by atoms with Crippen LogP contribution >= 0.6 is 11.3 Å². The lowest BCUT2D eigenvalue weighted by molar-refractivity contribution is 0.278. The van der Waals surface area contributed by atoms with Gasteiger partial charge in [0, 0.05) is 11.1 Å². The third-order valence-corrected chi connectivity index (χ3v) is 4.27. The molecule has 102 valence electrons. The van der Waals surface area contributed by atoms with Crippen molar-refractivity contribution in [1.29, 1.82) is 0 Å². The molecule has 0 fully saturated rings. The second-order valence-electron chi connectivity index (χ2n) is 5.51. The molecule has 0 bridgehead atoms. The maximum atomic E-state index is 9.06. The number of pyridine rings is 1. The minimum atomic E-state index is -0.0148. The van der Waals surface area contributed by atoms with E-state index in [1.165, 1.54) is 11.3 Å². The van der Waals surface area contributed by atoms with Gasteiger partial charge in [-0.15, -0.1) is 11.3 Å². The second kappa shape index (κ2) is 5.80. The highest BCUT2D eigenvalue weighted by Crippen LogP contribution is 2.27. The van der Waals surface area contributed by atoms with Crippen LogP contribution < -0.4 is 0 Å². The average Bonchev–Trinajstić information content (AvgIpc) is 2.87. The Labute approximate surface area is 118 Å². The van der Waals surface area contributed by atoms with Crippen molar-refractivity contribution in [1.82, 2.24) is 9.97 Å². The first kappa shape index (κ1) is 14.2. The van der Waals surface area contributed by atoms with Gasteiger partial charge in [-0.05, 0) is 24.0 Å². The van der Waals surface area contributed by atoms with Gasteiger partial charge < -0.3 is 5.11 Å². The van der Waals surface area contributed by atoms with E-state index < -0.39 is 0 Å². The number of nitrogens with zero attached hydrogens (tertiary/aromatic N) is 2. The van der Waals surface area contributed by atoms with Gasteiger partial charge in [0.05, 0.1) is 18.0 Å². The van der Waals surface area contributed by atoms with E-state index >= 15 is 0 Å². The summed E-state index contributed by atoms with van der Waals surface area (Å²) < 4.78 is 0. The van der Waals surface area contributed by atoms with E-state index in [0.29, 0.717) is 5.69 Å². The molecule has 0 saturated carbocycles. The molecule has 0 unspecified atom stereocenters. The molecule has 19 heavy (non-hydrogen) atoms. The molecule has 0 aliphatic carbocycles. The molecule has 0 aromatic carbocycles. The summed E-state index contributed by atoms with van der Waals surface area (Å²) in [5.41, 5.74) is 2.98. The molecule has 0 amide bonds. The summed E-state index contributed by atoms with van der Waals surface area (Å²) in [5.74, 6) is 0. The van der Waals surface area contributed by atoms with E-state index in [-0.39, 0.29) is 12.0 Å². The Balaban J connectivity index is 2.24. The lowest BCUT2D eigenvalue weighted by Crippen LogP contribution is -2.14. The summed E-state index contributed by atoms with van der Waals surface area (Å²) in [5, 5.41) is 11.8. The molecular weight excluding hydrogens is 256 g/mol. The number of hydrogen-bond acceptors (Lipinski definition) is 4. The number of thiazole rings is 1. The predicted octanol–water partition coefficient (Wildman–Crippen LogP) is 3.68. The first-order chi connectivity index (χ1) is 9.04. The van der Waals surface area contributed by atoms with E-state index in [0.717, 1.165) is 29.2 Å². The standard InChI is InChI=1S/C15H20N2OS/c1-4-15(2,3)8-11-6-5-7-13(16-11)14-17-12(9-18)10-19-14/h5-7,10,18H,4,8-9H2,1-3H3. The fraction of sp³-hybridized carbons (Fsp3) is 0.467. The van der Waals surface area contributed by atoms with Crippen molar-refractivity contribution in [3.63, 3.8) is 0 Å². The van der Waals surface area contributed by atoms with E-state index in [1.807, 2.05) is 17.5 Å². The molecule has 0 spiro atoms. The van der Waals surface area contributed by atoms with Gasteiger partial charge in [-0.3, -0.25) is 4.98 Å². The van der Waals surface area contributed by atoms with E-state index in [1.54, 1.807) is 0 Å². The summed E-state index contributed by atoms with van der Waals surface area (Å²) >= 11 is 1.53. The predicted molar refractivity (Wildman–Crippen MR) is 79.0 cm³/mol. The molecule has 0 saturated heterocycles. The van der Waals surface area contributed by atoms with Gasteiger partial charge in [-0.1, -0.05) is 33.3 Å². The fourth-order valence-electron chi connectivity index (χ4n) is 1.81. The Morgan fingerprint density at radius 3 is 2.63 bits per heavy atom. The monoisotopic (exact) mass is 276 g/mol. The van der Waals surface area contributed by atoms with Gasteiger partial charge in [0.25, 0.3) is 0 Å². The van der Waals surface area contributed by atoms with Crippen LogP contribution in [0.3, 0.4) is 0 Å². The molecule has 2 aromatic rings. The molecule has 4 heteroatoms. The first-order valence-corrected chi connectivity index (χ1v) is 7.43. The Hall–Kier alpha value is -1.26. The van der Waals surface area contributed by atoms with Gasteiger partial charge in [-0.2, -0.15) is 0 Å². The van der Waals surface area contributed by atoms with Crippen LogP contribution in [0.15, 0.2) is 23.6 Å². The van der Waals surface area contributed by atoms with Crippen LogP contribution in [0.1, 0.15) is 38.6 Å². The van der Waals surface area contributed by atoms with Gasteiger partial charge in [0.1, 0.15) is 5.01 Å². The van der Waals surface area contributed by atoms with Gasteiger partial charge in [0.15, 0.2) is 0 Å². The van der Waals surface area contributed by atoms with Crippen molar-refractivity contribution in [3.05, 3.63) is 35.0 Å². The molecule has 2 rings (SSSR count). The Bertz CT molecular complexity index is 549. The fourth-order valence-corrected chi connectivity index (χ4v) is 2.59. The number of aromatic nitrogens is 2. The minimum Gasteiger partial charge on any atom is -0.390 e. The minimum absolute atomic E-state index is 0.0148. The summed E-state index contributed by atoms with van der Waals surface area (Å²) in [6, 6.07) is 6.08. The van der Waals surface area contributed by atoms with Crippen molar-refractivity contribution < 1.29 is 5.11 Å². The number of aliphatic hydroxyl groups is 1. The maximum absolute atomic E-state index is 9.06.